The van der Waals surface area contributed by atoms with E-state index in [2.05, 4.69) is 11.8 Å². The van der Waals surface area contributed by atoms with Crippen molar-refractivity contribution in [3.8, 4) is 11.8 Å². The first kappa shape index (κ1) is 14.9. The Kier molecular flexibility index (Phi) is 5.05. The van der Waals surface area contributed by atoms with E-state index < -0.39 is 5.82 Å². The van der Waals surface area contributed by atoms with Crippen molar-refractivity contribution >= 4 is 17.7 Å². The van der Waals surface area contributed by atoms with Crippen LogP contribution in [0.4, 0.5) is 4.39 Å². The summed E-state index contributed by atoms with van der Waals surface area (Å²) >= 11 is 1.81. The van der Waals surface area contributed by atoms with E-state index in [9.17, 15) is 9.18 Å². The van der Waals surface area contributed by atoms with Crippen molar-refractivity contribution in [1.29, 1.82) is 0 Å². The van der Waals surface area contributed by atoms with Crippen LogP contribution in [0.15, 0.2) is 18.2 Å². The van der Waals surface area contributed by atoms with Gasteiger partial charge in [-0.2, -0.15) is 11.8 Å². The normalized spacial score (nSPS) is 18.4. The molecule has 1 aliphatic heterocycles. The Morgan fingerprint density at radius 1 is 1.60 bits per heavy atom. The molecule has 2 rings (SSSR count). The summed E-state index contributed by atoms with van der Waals surface area (Å²) in [6, 6.07) is 4.10. The van der Waals surface area contributed by atoms with Gasteiger partial charge in [0.15, 0.2) is 0 Å². The lowest BCUT2D eigenvalue weighted by Crippen LogP contribution is -2.44. The molecule has 1 heterocycles. The Morgan fingerprint density at radius 2 is 2.40 bits per heavy atom. The van der Waals surface area contributed by atoms with Gasteiger partial charge in [-0.15, -0.1) is 0 Å². The van der Waals surface area contributed by atoms with Crippen LogP contribution in [0.3, 0.4) is 0 Å². The first-order chi connectivity index (χ1) is 9.63. The molecule has 1 fully saturated rings. The van der Waals surface area contributed by atoms with Crippen molar-refractivity contribution in [1.82, 2.24) is 4.90 Å². The molecule has 1 unspecified atom stereocenters. The lowest BCUT2D eigenvalue weighted by molar-refractivity contribution is 0.0715. The highest BCUT2D eigenvalue weighted by molar-refractivity contribution is 7.99. The second kappa shape index (κ2) is 6.78. The lowest BCUT2D eigenvalue weighted by atomic mass is 10.1. The predicted molar refractivity (Wildman–Crippen MR) is 78.2 cm³/mol. The predicted octanol–water partition coefficient (Wildman–Crippen LogP) is 1.75. The molecular formula is C15H16FNO2S. The van der Waals surface area contributed by atoms with Crippen LogP contribution in [-0.4, -0.2) is 46.6 Å². The Balaban J connectivity index is 2.34. The molecule has 0 spiro atoms. The monoisotopic (exact) mass is 293 g/mol. The van der Waals surface area contributed by atoms with Crippen molar-refractivity contribution in [2.75, 3.05) is 24.7 Å². The number of halogens is 1. The van der Waals surface area contributed by atoms with E-state index in [4.69, 9.17) is 5.11 Å². The molecule has 106 valence electrons. The molecule has 1 aromatic carbocycles. The highest BCUT2D eigenvalue weighted by atomic mass is 32.2. The van der Waals surface area contributed by atoms with Crippen LogP contribution in [0.2, 0.25) is 0 Å². The lowest BCUT2D eigenvalue weighted by Gasteiger charge is -2.33. The number of aliphatic hydroxyl groups is 1. The van der Waals surface area contributed by atoms with Crippen LogP contribution >= 0.6 is 11.8 Å². The van der Waals surface area contributed by atoms with Gasteiger partial charge in [-0.3, -0.25) is 4.79 Å². The maximum atomic E-state index is 13.4. The zero-order valence-corrected chi connectivity index (χ0v) is 12.0. The number of hydrogen-bond acceptors (Lipinski definition) is 3. The van der Waals surface area contributed by atoms with Crippen molar-refractivity contribution in [2.45, 2.75) is 13.0 Å². The van der Waals surface area contributed by atoms with E-state index >= 15 is 0 Å². The number of rotatable bonds is 1. The molecule has 1 atom stereocenters. The number of benzene rings is 1. The number of carbonyl (C=O) groups is 1. The minimum Gasteiger partial charge on any atom is -0.384 e. The van der Waals surface area contributed by atoms with Crippen molar-refractivity contribution < 1.29 is 14.3 Å². The fourth-order valence-electron chi connectivity index (χ4n) is 2.12. The van der Waals surface area contributed by atoms with Crippen molar-refractivity contribution in [3.63, 3.8) is 0 Å². The Hall–Kier alpha value is -1.51. The van der Waals surface area contributed by atoms with Gasteiger partial charge in [-0.1, -0.05) is 11.8 Å². The Bertz CT molecular complexity index is 565. The number of aliphatic hydroxyl groups excluding tert-OH is 1. The van der Waals surface area contributed by atoms with E-state index in [1.54, 1.807) is 4.90 Å². The number of carbonyl (C=O) groups excluding carboxylic acids is 1. The van der Waals surface area contributed by atoms with Gasteiger partial charge < -0.3 is 10.0 Å². The van der Waals surface area contributed by atoms with Crippen molar-refractivity contribution in [2.24, 2.45) is 0 Å². The highest BCUT2D eigenvalue weighted by Gasteiger charge is 2.26. The average Bonchev–Trinajstić information content (AvgIpc) is 2.46. The topological polar surface area (TPSA) is 40.5 Å². The third-order valence-corrected chi connectivity index (χ3v) is 4.33. The molecule has 0 saturated carbocycles. The van der Waals surface area contributed by atoms with E-state index in [0.29, 0.717) is 12.1 Å². The molecule has 0 aliphatic carbocycles. The second-order valence-electron chi connectivity index (χ2n) is 4.57. The van der Waals surface area contributed by atoms with Gasteiger partial charge in [0.1, 0.15) is 12.4 Å². The molecular weight excluding hydrogens is 277 g/mol. The van der Waals surface area contributed by atoms with Gasteiger partial charge in [0.2, 0.25) is 0 Å². The van der Waals surface area contributed by atoms with Crippen molar-refractivity contribution in [3.05, 3.63) is 35.1 Å². The fourth-order valence-corrected chi connectivity index (χ4v) is 3.13. The van der Waals surface area contributed by atoms with Crippen LogP contribution in [0.1, 0.15) is 22.8 Å². The van der Waals surface area contributed by atoms with Gasteiger partial charge in [-0.25, -0.2) is 4.39 Å². The number of hydrogen-bond donors (Lipinski definition) is 1. The minimum absolute atomic E-state index is 0.128. The standard InChI is InChI=1S/C15H16FNO2S/c1-11-10-20-8-6-17(11)15(19)14-9-13(16)5-4-12(14)3-2-7-18/h4-5,9,11,18H,6-8,10H2,1H3. The first-order valence-electron chi connectivity index (χ1n) is 6.41. The SMILES string of the molecule is CC1CSCCN1C(=O)c1cc(F)ccc1C#CCO. The van der Waals surface area contributed by atoms with Gasteiger partial charge >= 0.3 is 0 Å². The maximum Gasteiger partial charge on any atom is 0.255 e. The molecule has 20 heavy (non-hydrogen) atoms. The molecule has 1 aliphatic rings. The van der Waals surface area contributed by atoms with Crippen LogP contribution in [0, 0.1) is 17.7 Å². The summed E-state index contributed by atoms with van der Waals surface area (Å²) in [5.74, 6) is 6.34. The quantitative estimate of drug-likeness (QED) is 0.802. The summed E-state index contributed by atoms with van der Waals surface area (Å²) < 4.78 is 13.4. The van der Waals surface area contributed by atoms with Crippen LogP contribution < -0.4 is 0 Å². The van der Waals surface area contributed by atoms with Gasteiger partial charge in [0.05, 0.1) is 5.56 Å². The minimum atomic E-state index is -0.457. The van der Waals surface area contributed by atoms with Gasteiger partial charge in [0.25, 0.3) is 5.91 Å². The average molecular weight is 293 g/mol. The van der Waals surface area contributed by atoms with E-state index in [0.717, 1.165) is 11.5 Å². The molecule has 3 nitrogen and oxygen atoms in total. The molecule has 5 heteroatoms. The Morgan fingerprint density at radius 3 is 3.10 bits per heavy atom. The maximum absolute atomic E-state index is 13.4. The molecule has 0 radical (unpaired) electrons. The number of nitrogens with zero attached hydrogens (tertiary/aromatic N) is 1. The first-order valence-corrected chi connectivity index (χ1v) is 7.57. The summed E-state index contributed by atoms with van der Waals surface area (Å²) in [4.78, 5) is 14.3. The fraction of sp³-hybridized carbons (Fsp3) is 0.400. The van der Waals surface area contributed by atoms with Crippen LogP contribution in [-0.2, 0) is 0 Å². The number of thioether (sulfide) groups is 1. The molecule has 1 N–H and O–H groups in total. The summed E-state index contributed by atoms with van der Waals surface area (Å²) in [6.45, 7) is 2.36. The summed E-state index contributed by atoms with van der Waals surface area (Å²) in [5, 5.41) is 8.76. The van der Waals surface area contributed by atoms with Gasteiger partial charge in [-0.05, 0) is 25.1 Å². The number of amides is 1. The van der Waals surface area contributed by atoms with Crippen LogP contribution in [0.5, 0.6) is 0 Å². The van der Waals surface area contributed by atoms with E-state index in [1.807, 2.05) is 18.7 Å². The molecule has 0 aromatic heterocycles. The van der Waals surface area contributed by atoms with E-state index in [1.165, 1.54) is 18.2 Å². The zero-order valence-electron chi connectivity index (χ0n) is 11.2. The van der Waals surface area contributed by atoms with E-state index in [-0.39, 0.29) is 24.1 Å². The third-order valence-electron chi connectivity index (χ3n) is 3.14. The molecule has 1 aromatic rings. The molecule has 1 saturated heterocycles. The summed E-state index contributed by atoms with van der Waals surface area (Å²) in [5.41, 5.74) is 0.723. The largest absolute Gasteiger partial charge is 0.384 e. The van der Waals surface area contributed by atoms with Crippen LogP contribution in [0.25, 0.3) is 0 Å². The Labute approximate surface area is 122 Å². The summed E-state index contributed by atoms with van der Waals surface area (Å²) in [6.07, 6.45) is 0. The highest BCUT2D eigenvalue weighted by Crippen LogP contribution is 2.20. The molecule has 1 amide bonds. The van der Waals surface area contributed by atoms with Gasteiger partial charge in [0, 0.05) is 29.7 Å². The third kappa shape index (κ3) is 3.33. The molecule has 0 bridgehead atoms. The summed E-state index contributed by atoms with van der Waals surface area (Å²) in [7, 11) is 0. The second-order valence-corrected chi connectivity index (χ2v) is 5.72. The zero-order chi connectivity index (χ0) is 14.5. The smallest absolute Gasteiger partial charge is 0.255 e.